The van der Waals surface area contributed by atoms with Gasteiger partial charge in [-0.1, -0.05) is 36.4 Å². The molecule has 4 rings (SSSR count). The number of hydrogen-bond acceptors (Lipinski definition) is 5. The number of benzene rings is 4. The van der Waals surface area contributed by atoms with E-state index in [0.717, 1.165) is 48.3 Å². The van der Waals surface area contributed by atoms with Crippen LogP contribution in [-0.2, 0) is 25.7 Å². The lowest BCUT2D eigenvalue weighted by atomic mass is 10.0. The van der Waals surface area contributed by atoms with Crippen molar-refractivity contribution in [3.8, 4) is 34.5 Å². The van der Waals surface area contributed by atoms with Gasteiger partial charge >= 0.3 is 0 Å². The fourth-order valence-corrected chi connectivity index (χ4v) is 4.16. The third-order valence-electron chi connectivity index (χ3n) is 6.12. The van der Waals surface area contributed by atoms with Crippen LogP contribution >= 0.6 is 0 Å². The fourth-order valence-electron chi connectivity index (χ4n) is 4.16. The quantitative estimate of drug-likeness (QED) is 0.254. The molecule has 0 aliphatic rings. The zero-order valence-electron chi connectivity index (χ0n) is 21.0. The number of aromatic hydroxyl groups is 1. The Hall–Kier alpha value is -4.12. The third-order valence-corrected chi connectivity index (χ3v) is 6.12. The van der Waals surface area contributed by atoms with Crippen molar-refractivity contribution >= 4 is 0 Å². The van der Waals surface area contributed by atoms with Crippen molar-refractivity contribution in [1.82, 2.24) is 0 Å². The summed E-state index contributed by atoms with van der Waals surface area (Å²) in [5.41, 5.74) is 4.54. The van der Waals surface area contributed by atoms with Gasteiger partial charge in [-0.05, 0) is 96.5 Å². The molecule has 0 aliphatic carbocycles. The van der Waals surface area contributed by atoms with E-state index in [1.54, 1.807) is 20.3 Å². The minimum atomic E-state index is 0.0614. The van der Waals surface area contributed by atoms with E-state index in [-0.39, 0.29) is 5.75 Å². The first kappa shape index (κ1) is 25.0. The summed E-state index contributed by atoms with van der Waals surface area (Å²) in [6.07, 6.45) is 3.34. The van der Waals surface area contributed by atoms with Gasteiger partial charge in [-0.15, -0.1) is 0 Å². The molecule has 0 aliphatic heterocycles. The number of phenolic OH excluding ortho intramolecular Hbond substituents is 1. The van der Waals surface area contributed by atoms with E-state index in [4.69, 9.17) is 18.9 Å². The lowest BCUT2D eigenvalue weighted by Gasteiger charge is -2.15. The van der Waals surface area contributed by atoms with Gasteiger partial charge in [0.25, 0.3) is 0 Å². The van der Waals surface area contributed by atoms with Crippen molar-refractivity contribution in [3.63, 3.8) is 0 Å². The second-order valence-corrected chi connectivity index (χ2v) is 8.60. The van der Waals surface area contributed by atoms with Gasteiger partial charge in [0.1, 0.15) is 17.2 Å². The van der Waals surface area contributed by atoms with Crippen LogP contribution in [0.3, 0.4) is 0 Å². The predicted octanol–water partition coefficient (Wildman–Crippen LogP) is 6.78. The summed E-state index contributed by atoms with van der Waals surface area (Å²) in [4.78, 5) is 0. The Morgan fingerprint density at radius 1 is 0.528 bits per heavy atom. The number of aryl methyl sites for hydroxylation is 4. The number of methoxy groups -OCH3 is 3. The summed E-state index contributed by atoms with van der Waals surface area (Å²) in [5.74, 6) is 3.27. The monoisotopic (exact) mass is 484 g/mol. The van der Waals surface area contributed by atoms with Crippen molar-refractivity contribution in [2.24, 2.45) is 0 Å². The molecular formula is C31H32O5. The summed E-state index contributed by atoms with van der Waals surface area (Å²) in [6.45, 7) is 0. The molecule has 186 valence electrons. The zero-order chi connectivity index (χ0) is 25.3. The summed E-state index contributed by atoms with van der Waals surface area (Å²) < 4.78 is 22.2. The van der Waals surface area contributed by atoms with Crippen LogP contribution in [0.25, 0.3) is 0 Å². The molecule has 0 aromatic heterocycles. The van der Waals surface area contributed by atoms with Crippen LogP contribution in [0.1, 0.15) is 22.3 Å². The molecule has 0 atom stereocenters. The largest absolute Gasteiger partial charge is 0.504 e. The topological polar surface area (TPSA) is 57.2 Å². The van der Waals surface area contributed by atoms with Gasteiger partial charge in [-0.25, -0.2) is 0 Å². The minimum Gasteiger partial charge on any atom is -0.504 e. The average Bonchev–Trinajstić information content (AvgIpc) is 2.91. The molecule has 0 unspecified atom stereocenters. The van der Waals surface area contributed by atoms with Crippen LogP contribution in [0, 0.1) is 0 Å². The molecule has 0 spiro atoms. The average molecular weight is 485 g/mol. The normalized spacial score (nSPS) is 10.6. The first-order valence-electron chi connectivity index (χ1n) is 12.0. The van der Waals surface area contributed by atoms with Crippen LogP contribution in [0.15, 0.2) is 84.9 Å². The Morgan fingerprint density at radius 2 is 1.11 bits per heavy atom. The molecule has 0 heterocycles. The molecule has 5 heteroatoms. The van der Waals surface area contributed by atoms with E-state index in [1.807, 2.05) is 54.6 Å². The Bertz CT molecular complexity index is 1280. The van der Waals surface area contributed by atoms with Crippen LogP contribution in [0.2, 0.25) is 0 Å². The number of ether oxygens (including phenoxy) is 4. The minimum absolute atomic E-state index is 0.0614. The smallest absolute Gasteiger partial charge is 0.203 e. The van der Waals surface area contributed by atoms with Gasteiger partial charge in [-0.3, -0.25) is 0 Å². The molecule has 0 saturated heterocycles. The highest BCUT2D eigenvalue weighted by Gasteiger charge is 2.14. The van der Waals surface area contributed by atoms with Gasteiger partial charge in [0.2, 0.25) is 5.75 Å². The van der Waals surface area contributed by atoms with Gasteiger partial charge < -0.3 is 24.1 Å². The van der Waals surface area contributed by atoms with E-state index in [0.29, 0.717) is 17.2 Å². The molecule has 0 fully saturated rings. The summed E-state index contributed by atoms with van der Waals surface area (Å²) in [6, 6.07) is 27.8. The molecule has 36 heavy (non-hydrogen) atoms. The lowest BCUT2D eigenvalue weighted by molar-refractivity contribution is 0.348. The van der Waals surface area contributed by atoms with Crippen LogP contribution < -0.4 is 18.9 Å². The van der Waals surface area contributed by atoms with Crippen LogP contribution in [-0.4, -0.2) is 26.4 Å². The fraction of sp³-hybridized carbons (Fsp3) is 0.226. The van der Waals surface area contributed by atoms with E-state index in [9.17, 15) is 5.11 Å². The third kappa shape index (κ3) is 6.51. The zero-order valence-corrected chi connectivity index (χ0v) is 21.0. The summed E-state index contributed by atoms with van der Waals surface area (Å²) >= 11 is 0. The molecule has 5 nitrogen and oxygen atoms in total. The highest BCUT2D eigenvalue weighted by atomic mass is 16.5. The van der Waals surface area contributed by atoms with Gasteiger partial charge in [0.15, 0.2) is 11.5 Å². The van der Waals surface area contributed by atoms with E-state index in [1.165, 1.54) is 18.2 Å². The second-order valence-electron chi connectivity index (χ2n) is 8.60. The Kier molecular flexibility index (Phi) is 8.35. The maximum absolute atomic E-state index is 10.6. The van der Waals surface area contributed by atoms with Crippen molar-refractivity contribution in [3.05, 3.63) is 107 Å². The van der Waals surface area contributed by atoms with Gasteiger partial charge in [-0.2, -0.15) is 0 Å². The Morgan fingerprint density at radius 3 is 1.75 bits per heavy atom. The Labute approximate surface area is 212 Å². The number of phenols is 1. The molecule has 0 radical (unpaired) electrons. The van der Waals surface area contributed by atoms with Gasteiger partial charge in [0, 0.05) is 0 Å². The Balaban J connectivity index is 1.46. The highest BCUT2D eigenvalue weighted by Crippen LogP contribution is 2.40. The second kappa shape index (κ2) is 12.0. The van der Waals surface area contributed by atoms with Crippen LogP contribution in [0.4, 0.5) is 0 Å². The molecule has 0 saturated carbocycles. The molecule has 4 aromatic rings. The van der Waals surface area contributed by atoms with Crippen molar-refractivity contribution < 1.29 is 24.1 Å². The molecule has 1 N–H and O–H groups in total. The van der Waals surface area contributed by atoms with E-state index in [2.05, 4.69) is 24.3 Å². The SMILES string of the molecule is COc1ccc(CCc2cccc(Oc3cc(CCc4cccc(OC)c4)cc(O)c3OC)c2)cc1. The van der Waals surface area contributed by atoms with Crippen LogP contribution in [0.5, 0.6) is 34.5 Å². The lowest BCUT2D eigenvalue weighted by Crippen LogP contribution is -1.97. The van der Waals surface area contributed by atoms with Crippen molar-refractivity contribution in [1.29, 1.82) is 0 Å². The molecule has 0 bridgehead atoms. The number of hydrogen-bond donors (Lipinski definition) is 1. The van der Waals surface area contributed by atoms with Crippen molar-refractivity contribution in [2.45, 2.75) is 25.7 Å². The summed E-state index contributed by atoms with van der Waals surface area (Å²) in [5, 5.41) is 10.6. The molecule has 4 aromatic carbocycles. The molecule has 0 amide bonds. The molecular weight excluding hydrogens is 452 g/mol. The first-order chi connectivity index (χ1) is 17.6. The van der Waals surface area contributed by atoms with E-state index >= 15 is 0 Å². The number of rotatable bonds is 11. The maximum atomic E-state index is 10.6. The summed E-state index contributed by atoms with van der Waals surface area (Å²) in [7, 11) is 4.87. The maximum Gasteiger partial charge on any atom is 0.203 e. The standard InChI is InChI=1S/C31H32O5/c1-33-26-16-14-22(15-17-26)10-11-24-7-5-9-28(19-24)36-30-21-25(20-29(32)31(30)35-3)13-12-23-6-4-8-27(18-23)34-2/h4-9,14-21,32H,10-13H2,1-3H3. The highest BCUT2D eigenvalue weighted by molar-refractivity contribution is 5.54. The first-order valence-corrected chi connectivity index (χ1v) is 12.0. The van der Waals surface area contributed by atoms with Crippen molar-refractivity contribution in [2.75, 3.05) is 21.3 Å². The van der Waals surface area contributed by atoms with Gasteiger partial charge in [0.05, 0.1) is 21.3 Å². The van der Waals surface area contributed by atoms with E-state index < -0.39 is 0 Å². The predicted molar refractivity (Wildman–Crippen MR) is 142 cm³/mol.